The molecule has 0 aliphatic rings. The minimum absolute atomic E-state index is 0.164. The number of benzene rings is 2. The summed E-state index contributed by atoms with van der Waals surface area (Å²) in [7, 11) is -2.15. The number of aromatic nitrogens is 1. The first-order chi connectivity index (χ1) is 11.0. The Bertz CT molecular complexity index is 966. The van der Waals surface area contributed by atoms with Gasteiger partial charge >= 0.3 is 0 Å². The van der Waals surface area contributed by atoms with E-state index >= 15 is 0 Å². The van der Waals surface area contributed by atoms with E-state index in [1.165, 1.54) is 30.5 Å². The van der Waals surface area contributed by atoms with E-state index in [4.69, 9.17) is 0 Å². The van der Waals surface area contributed by atoms with E-state index in [0.717, 1.165) is 0 Å². The van der Waals surface area contributed by atoms with Gasteiger partial charge in [-0.05, 0) is 37.4 Å². The molecule has 23 heavy (non-hydrogen) atoms. The molecule has 3 aromatic rings. The number of nitrogens with zero attached hydrogens (tertiary/aromatic N) is 1. The van der Waals surface area contributed by atoms with Gasteiger partial charge in [-0.15, -0.1) is 0 Å². The third kappa shape index (κ3) is 3.24. The predicted molar refractivity (Wildman–Crippen MR) is 90.3 cm³/mol. The Morgan fingerprint density at radius 1 is 1.13 bits per heavy atom. The number of fused-ring (bicyclic) bond motifs is 1. The maximum Gasteiger partial charge on any atom is 0.257 e. The summed E-state index contributed by atoms with van der Waals surface area (Å²) in [6.07, 6.45) is 0. The molecular formula is C15H13N3O3S2. The van der Waals surface area contributed by atoms with Crippen molar-refractivity contribution in [2.45, 2.75) is 4.90 Å². The summed E-state index contributed by atoms with van der Waals surface area (Å²) in [6.45, 7) is 0. The first-order valence-electron chi connectivity index (χ1n) is 6.70. The number of sulfonamides is 1. The van der Waals surface area contributed by atoms with Crippen LogP contribution in [0.15, 0.2) is 53.4 Å². The second-order valence-electron chi connectivity index (χ2n) is 4.68. The van der Waals surface area contributed by atoms with Gasteiger partial charge in [-0.1, -0.05) is 29.5 Å². The Hall–Kier alpha value is -2.29. The van der Waals surface area contributed by atoms with Gasteiger partial charge in [0.05, 0.1) is 15.1 Å². The average Bonchev–Trinajstić information content (AvgIpc) is 2.96. The number of hydrogen-bond acceptors (Lipinski definition) is 5. The first kappa shape index (κ1) is 15.6. The van der Waals surface area contributed by atoms with E-state index in [2.05, 4.69) is 15.0 Å². The fourth-order valence-electron chi connectivity index (χ4n) is 2.00. The zero-order chi connectivity index (χ0) is 16.4. The Morgan fingerprint density at radius 3 is 2.57 bits per heavy atom. The molecule has 0 saturated carbocycles. The van der Waals surface area contributed by atoms with Crippen molar-refractivity contribution >= 4 is 42.6 Å². The van der Waals surface area contributed by atoms with E-state index < -0.39 is 10.0 Å². The molecule has 0 radical (unpaired) electrons. The van der Waals surface area contributed by atoms with Gasteiger partial charge < -0.3 is 0 Å². The largest absolute Gasteiger partial charge is 0.298 e. The van der Waals surface area contributed by atoms with Gasteiger partial charge in [-0.25, -0.2) is 18.1 Å². The van der Waals surface area contributed by atoms with Crippen molar-refractivity contribution in [3.05, 3.63) is 54.1 Å². The highest BCUT2D eigenvalue weighted by Crippen LogP contribution is 2.28. The molecular weight excluding hydrogens is 334 g/mol. The van der Waals surface area contributed by atoms with Crippen LogP contribution in [-0.4, -0.2) is 26.4 Å². The van der Waals surface area contributed by atoms with Gasteiger partial charge in [0.2, 0.25) is 10.0 Å². The van der Waals surface area contributed by atoms with Crippen LogP contribution in [0.5, 0.6) is 0 Å². The zero-order valence-electron chi connectivity index (χ0n) is 12.1. The lowest BCUT2D eigenvalue weighted by molar-refractivity contribution is 0.102. The lowest BCUT2D eigenvalue weighted by atomic mass is 10.2. The van der Waals surface area contributed by atoms with Crippen molar-refractivity contribution in [2.75, 3.05) is 12.4 Å². The summed E-state index contributed by atoms with van der Waals surface area (Å²) in [5, 5.41) is 3.15. The van der Waals surface area contributed by atoms with Gasteiger partial charge in [-0.3, -0.25) is 10.1 Å². The fraction of sp³-hybridized carbons (Fsp3) is 0.0667. The number of nitrogens with one attached hydrogen (secondary N) is 2. The summed E-state index contributed by atoms with van der Waals surface area (Å²) in [4.78, 5) is 16.6. The summed E-state index contributed by atoms with van der Waals surface area (Å²) in [5.41, 5.74) is 1.17. The lowest BCUT2D eigenvalue weighted by Gasteiger charge is -2.00. The van der Waals surface area contributed by atoms with Crippen LogP contribution in [-0.2, 0) is 10.0 Å². The number of anilines is 1. The molecule has 1 amide bonds. The first-order valence-corrected chi connectivity index (χ1v) is 9.00. The van der Waals surface area contributed by atoms with E-state index in [-0.39, 0.29) is 10.8 Å². The molecule has 8 heteroatoms. The lowest BCUT2D eigenvalue weighted by Crippen LogP contribution is -2.18. The normalized spacial score (nSPS) is 11.5. The minimum atomic E-state index is -3.50. The number of amides is 1. The number of rotatable bonds is 4. The average molecular weight is 347 g/mol. The second-order valence-corrected chi connectivity index (χ2v) is 7.59. The van der Waals surface area contributed by atoms with Crippen LogP contribution < -0.4 is 10.0 Å². The van der Waals surface area contributed by atoms with Gasteiger partial charge in [-0.2, -0.15) is 0 Å². The van der Waals surface area contributed by atoms with Crippen LogP contribution in [0.1, 0.15) is 10.4 Å². The highest BCUT2D eigenvalue weighted by molar-refractivity contribution is 7.89. The molecule has 118 valence electrons. The number of carbonyl (C=O) groups is 1. The van der Waals surface area contributed by atoms with Crippen molar-refractivity contribution in [1.82, 2.24) is 9.71 Å². The number of hydrogen-bond donors (Lipinski definition) is 2. The summed E-state index contributed by atoms with van der Waals surface area (Å²) in [5.74, 6) is -0.257. The molecule has 3 rings (SSSR count). The Kier molecular flexibility index (Phi) is 4.12. The van der Waals surface area contributed by atoms with Crippen molar-refractivity contribution in [3.63, 3.8) is 0 Å². The molecule has 0 spiro atoms. The topological polar surface area (TPSA) is 88.2 Å². The monoisotopic (exact) mass is 347 g/mol. The second kappa shape index (κ2) is 6.07. The number of thiazole rings is 1. The smallest absolute Gasteiger partial charge is 0.257 e. The summed E-state index contributed by atoms with van der Waals surface area (Å²) < 4.78 is 26.6. The molecule has 1 heterocycles. The fourth-order valence-corrected chi connectivity index (χ4v) is 3.73. The molecule has 0 fully saturated rings. The van der Waals surface area contributed by atoms with Crippen LogP contribution >= 0.6 is 11.3 Å². The molecule has 0 aliphatic carbocycles. The van der Waals surface area contributed by atoms with Gasteiger partial charge in [0.15, 0.2) is 5.13 Å². The molecule has 1 aromatic heterocycles. The Balaban J connectivity index is 1.90. The van der Waals surface area contributed by atoms with Gasteiger partial charge in [0.1, 0.15) is 0 Å². The van der Waals surface area contributed by atoms with Crippen molar-refractivity contribution < 1.29 is 13.2 Å². The third-order valence-corrected chi connectivity index (χ3v) is 5.54. The highest BCUT2D eigenvalue weighted by Gasteiger charge is 2.14. The Morgan fingerprint density at radius 2 is 1.87 bits per heavy atom. The predicted octanol–water partition coefficient (Wildman–Crippen LogP) is 2.46. The molecule has 6 nitrogen and oxygen atoms in total. The van der Waals surface area contributed by atoms with Gasteiger partial charge in [0.25, 0.3) is 5.91 Å². The molecule has 0 bridgehead atoms. The molecule has 0 saturated heterocycles. The minimum Gasteiger partial charge on any atom is -0.298 e. The summed E-state index contributed by atoms with van der Waals surface area (Å²) in [6, 6.07) is 13.4. The highest BCUT2D eigenvalue weighted by atomic mass is 32.2. The maximum atomic E-state index is 12.1. The molecule has 2 N–H and O–H groups in total. The van der Waals surface area contributed by atoms with E-state index in [1.54, 1.807) is 30.3 Å². The maximum absolute atomic E-state index is 12.1. The molecule has 0 unspecified atom stereocenters. The summed E-state index contributed by atoms with van der Waals surface area (Å²) >= 11 is 1.23. The van der Waals surface area contributed by atoms with Crippen LogP contribution in [0.4, 0.5) is 5.13 Å². The quantitative estimate of drug-likeness (QED) is 0.759. The zero-order valence-corrected chi connectivity index (χ0v) is 13.7. The van der Waals surface area contributed by atoms with Crippen molar-refractivity contribution in [3.8, 4) is 0 Å². The standard InChI is InChI=1S/C15H13N3O3S2/c1-16-23(20,21)11-7-8-12-13(9-11)22-15(17-12)18-14(19)10-5-3-2-4-6-10/h2-9,16H,1H3,(H,17,18,19). The van der Waals surface area contributed by atoms with Gasteiger partial charge in [0, 0.05) is 5.56 Å². The van der Waals surface area contributed by atoms with Crippen LogP contribution in [0.25, 0.3) is 10.2 Å². The van der Waals surface area contributed by atoms with E-state index in [9.17, 15) is 13.2 Å². The van der Waals surface area contributed by atoms with E-state index in [0.29, 0.717) is 20.9 Å². The van der Waals surface area contributed by atoms with Crippen LogP contribution in [0.2, 0.25) is 0 Å². The SMILES string of the molecule is CNS(=O)(=O)c1ccc2nc(NC(=O)c3ccccc3)sc2c1. The number of carbonyl (C=O) groups excluding carboxylic acids is 1. The molecule has 0 aliphatic heterocycles. The van der Waals surface area contributed by atoms with Crippen molar-refractivity contribution in [1.29, 1.82) is 0 Å². The van der Waals surface area contributed by atoms with Crippen LogP contribution in [0, 0.1) is 0 Å². The molecule has 0 atom stereocenters. The van der Waals surface area contributed by atoms with Crippen molar-refractivity contribution in [2.24, 2.45) is 0 Å². The Labute approximate surface area is 137 Å². The van der Waals surface area contributed by atoms with E-state index in [1.807, 2.05) is 6.07 Å². The van der Waals surface area contributed by atoms with Crippen LogP contribution in [0.3, 0.4) is 0 Å². The third-order valence-electron chi connectivity index (χ3n) is 3.20. The molecule has 2 aromatic carbocycles.